The van der Waals surface area contributed by atoms with Gasteiger partial charge in [-0.2, -0.15) is 5.10 Å². The van der Waals surface area contributed by atoms with Crippen LogP contribution in [-0.4, -0.2) is 9.78 Å². The molecule has 0 saturated heterocycles. The molecular formula is C12H14N2. The van der Waals surface area contributed by atoms with Gasteiger partial charge in [0, 0.05) is 19.7 Å². The van der Waals surface area contributed by atoms with E-state index < -0.39 is 0 Å². The fraction of sp³-hybridized carbons (Fsp3) is 0.250. The third-order valence-corrected chi connectivity index (χ3v) is 2.29. The average molecular weight is 186 g/mol. The third-order valence-electron chi connectivity index (χ3n) is 2.29. The van der Waals surface area contributed by atoms with Crippen LogP contribution in [0.15, 0.2) is 36.7 Å². The van der Waals surface area contributed by atoms with Crippen LogP contribution in [-0.2, 0) is 13.5 Å². The molecule has 0 bridgehead atoms. The van der Waals surface area contributed by atoms with Crippen LogP contribution in [0.1, 0.15) is 16.7 Å². The van der Waals surface area contributed by atoms with Crippen molar-refractivity contribution in [1.82, 2.24) is 9.78 Å². The van der Waals surface area contributed by atoms with Gasteiger partial charge in [-0.05, 0) is 18.1 Å². The van der Waals surface area contributed by atoms with E-state index in [4.69, 9.17) is 0 Å². The topological polar surface area (TPSA) is 17.8 Å². The molecule has 2 heteroatoms. The molecule has 0 radical (unpaired) electrons. The summed E-state index contributed by atoms with van der Waals surface area (Å²) < 4.78 is 1.84. The van der Waals surface area contributed by atoms with Gasteiger partial charge in [0.05, 0.1) is 6.20 Å². The summed E-state index contributed by atoms with van der Waals surface area (Å²) in [5.74, 6) is 0. The highest BCUT2D eigenvalue weighted by Gasteiger charge is 1.97. The number of nitrogens with zero attached hydrogens (tertiary/aromatic N) is 2. The van der Waals surface area contributed by atoms with Gasteiger partial charge in [0.25, 0.3) is 0 Å². The predicted octanol–water partition coefficient (Wildman–Crippen LogP) is 2.32. The quantitative estimate of drug-likeness (QED) is 0.703. The first-order valence-electron chi connectivity index (χ1n) is 4.77. The van der Waals surface area contributed by atoms with E-state index in [1.807, 2.05) is 17.9 Å². The molecule has 0 N–H and O–H groups in total. The van der Waals surface area contributed by atoms with E-state index in [1.165, 1.54) is 16.7 Å². The van der Waals surface area contributed by atoms with Gasteiger partial charge >= 0.3 is 0 Å². The second kappa shape index (κ2) is 3.66. The standard InChI is InChI=1S/C12H14N2/c1-10-3-5-11(6-4-10)7-12-8-13-14(2)9-12/h3-6,8-9H,7H2,1-2H3. The number of benzene rings is 1. The number of aromatic nitrogens is 2. The Morgan fingerprint density at radius 3 is 2.43 bits per heavy atom. The highest BCUT2D eigenvalue weighted by molar-refractivity contribution is 5.26. The first-order valence-corrected chi connectivity index (χ1v) is 4.77. The molecule has 1 aromatic carbocycles. The molecule has 14 heavy (non-hydrogen) atoms. The van der Waals surface area contributed by atoms with E-state index in [2.05, 4.69) is 42.5 Å². The van der Waals surface area contributed by atoms with Gasteiger partial charge in [0.15, 0.2) is 0 Å². The second-order valence-corrected chi connectivity index (χ2v) is 3.68. The van der Waals surface area contributed by atoms with Crippen LogP contribution in [0.5, 0.6) is 0 Å². The highest BCUT2D eigenvalue weighted by Crippen LogP contribution is 2.09. The van der Waals surface area contributed by atoms with Crippen molar-refractivity contribution in [3.63, 3.8) is 0 Å². The molecule has 2 rings (SSSR count). The smallest absolute Gasteiger partial charge is 0.0525 e. The predicted molar refractivity (Wildman–Crippen MR) is 57.2 cm³/mol. The molecule has 0 unspecified atom stereocenters. The van der Waals surface area contributed by atoms with Gasteiger partial charge in [-0.15, -0.1) is 0 Å². The molecule has 0 aliphatic rings. The number of hydrogen-bond donors (Lipinski definition) is 0. The molecule has 0 saturated carbocycles. The Morgan fingerprint density at radius 2 is 1.86 bits per heavy atom. The molecule has 2 aromatic rings. The van der Waals surface area contributed by atoms with E-state index >= 15 is 0 Å². The van der Waals surface area contributed by atoms with Crippen LogP contribution in [0, 0.1) is 6.92 Å². The molecular weight excluding hydrogens is 172 g/mol. The minimum absolute atomic E-state index is 0.966. The summed E-state index contributed by atoms with van der Waals surface area (Å²) in [5.41, 5.74) is 3.90. The lowest BCUT2D eigenvalue weighted by atomic mass is 10.1. The first kappa shape index (κ1) is 9.00. The normalized spacial score (nSPS) is 10.4. The van der Waals surface area contributed by atoms with E-state index in [9.17, 15) is 0 Å². The van der Waals surface area contributed by atoms with Crippen LogP contribution in [0.3, 0.4) is 0 Å². The molecule has 0 aliphatic carbocycles. The number of hydrogen-bond acceptors (Lipinski definition) is 1. The zero-order valence-electron chi connectivity index (χ0n) is 8.57. The Kier molecular flexibility index (Phi) is 2.35. The van der Waals surface area contributed by atoms with E-state index in [1.54, 1.807) is 0 Å². The Balaban J connectivity index is 2.15. The second-order valence-electron chi connectivity index (χ2n) is 3.68. The Bertz CT molecular complexity index is 412. The zero-order chi connectivity index (χ0) is 9.97. The summed E-state index contributed by atoms with van der Waals surface area (Å²) in [7, 11) is 1.94. The van der Waals surface area contributed by atoms with Gasteiger partial charge in [-0.1, -0.05) is 29.8 Å². The van der Waals surface area contributed by atoms with Crippen molar-refractivity contribution in [2.75, 3.05) is 0 Å². The Morgan fingerprint density at radius 1 is 1.14 bits per heavy atom. The SMILES string of the molecule is Cc1ccc(Cc2cnn(C)c2)cc1. The highest BCUT2D eigenvalue weighted by atomic mass is 15.2. The summed E-state index contributed by atoms with van der Waals surface area (Å²) >= 11 is 0. The molecule has 1 aromatic heterocycles. The minimum Gasteiger partial charge on any atom is -0.276 e. The molecule has 2 nitrogen and oxygen atoms in total. The lowest BCUT2D eigenvalue weighted by Gasteiger charge is -1.98. The van der Waals surface area contributed by atoms with Crippen LogP contribution >= 0.6 is 0 Å². The Hall–Kier alpha value is -1.57. The number of aryl methyl sites for hydroxylation is 2. The van der Waals surface area contributed by atoms with Crippen molar-refractivity contribution in [2.24, 2.45) is 7.05 Å². The molecule has 72 valence electrons. The van der Waals surface area contributed by atoms with Gasteiger partial charge in [-0.3, -0.25) is 4.68 Å². The molecule has 0 atom stereocenters. The summed E-state index contributed by atoms with van der Waals surface area (Å²) in [6.07, 6.45) is 4.94. The average Bonchev–Trinajstić information content (AvgIpc) is 2.56. The summed E-state index contributed by atoms with van der Waals surface area (Å²) in [4.78, 5) is 0. The first-order chi connectivity index (χ1) is 6.74. The van der Waals surface area contributed by atoms with Gasteiger partial charge in [0.2, 0.25) is 0 Å². The van der Waals surface area contributed by atoms with E-state index in [0.717, 1.165) is 6.42 Å². The van der Waals surface area contributed by atoms with Crippen LogP contribution < -0.4 is 0 Å². The van der Waals surface area contributed by atoms with Gasteiger partial charge in [-0.25, -0.2) is 0 Å². The van der Waals surface area contributed by atoms with E-state index in [-0.39, 0.29) is 0 Å². The molecule has 0 spiro atoms. The van der Waals surface area contributed by atoms with E-state index in [0.29, 0.717) is 0 Å². The van der Waals surface area contributed by atoms with Crippen LogP contribution in [0.25, 0.3) is 0 Å². The molecule has 0 aliphatic heterocycles. The summed E-state index contributed by atoms with van der Waals surface area (Å²) in [5, 5.41) is 4.15. The van der Waals surface area contributed by atoms with Crippen molar-refractivity contribution >= 4 is 0 Å². The minimum atomic E-state index is 0.966. The van der Waals surface area contributed by atoms with Crippen LogP contribution in [0.4, 0.5) is 0 Å². The largest absolute Gasteiger partial charge is 0.276 e. The monoisotopic (exact) mass is 186 g/mol. The van der Waals surface area contributed by atoms with Gasteiger partial charge < -0.3 is 0 Å². The zero-order valence-corrected chi connectivity index (χ0v) is 8.57. The molecule has 1 heterocycles. The van der Waals surface area contributed by atoms with Crippen molar-refractivity contribution in [3.8, 4) is 0 Å². The number of rotatable bonds is 2. The lowest BCUT2D eigenvalue weighted by molar-refractivity contribution is 0.767. The van der Waals surface area contributed by atoms with Crippen molar-refractivity contribution in [3.05, 3.63) is 53.3 Å². The van der Waals surface area contributed by atoms with Crippen molar-refractivity contribution < 1.29 is 0 Å². The molecule has 0 fully saturated rings. The lowest BCUT2D eigenvalue weighted by Crippen LogP contribution is -1.87. The van der Waals surface area contributed by atoms with Gasteiger partial charge in [0.1, 0.15) is 0 Å². The molecule has 0 amide bonds. The fourth-order valence-corrected chi connectivity index (χ4v) is 1.50. The summed E-state index contributed by atoms with van der Waals surface area (Å²) in [6, 6.07) is 8.63. The maximum absolute atomic E-state index is 4.15. The van der Waals surface area contributed by atoms with Crippen molar-refractivity contribution in [2.45, 2.75) is 13.3 Å². The Labute approximate surface area is 84.2 Å². The van der Waals surface area contributed by atoms with Crippen LogP contribution in [0.2, 0.25) is 0 Å². The third kappa shape index (κ3) is 2.02. The fourth-order valence-electron chi connectivity index (χ4n) is 1.50. The maximum Gasteiger partial charge on any atom is 0.0525 e. The summed E-state index contributed by atoms with van der Waals surface area (Å²) in [6.45, 7) is 2.11. The van der Waals surface area contributed by atoms with Crippen molar-refractivity contribution in [1.29, 1.82) is 0 Å². The maximum atomic E-state index is 4.15.